The van der Waals surface area contributed by atoms with Gasteiger partial charge in [-0.25, -0.2) is 0 Å². The Balaban J connectivity index is 2.23. The molecule has 0 spiro atoms. The molecule has 0 saturated heterocycles. The van der Waals surface area contributed by atoms with Gasteiger partial charge in [-0.15, -0.1) is 11.3 Å². The Morgan fingerprint density at radius 1 is 1.50 bits per heavy atom. The minimum absolute atomic E-state index is 0.307. The Hall–Kier alpha value is -1.17. The normalized spacial score (nSPS) is 10.3. The highest BCUT2D eigenvalue weighted by Gasteiger charge is 2.11. The molecule has 0 aliphatic rings. The van der Waals surface area contributed by atoms with Gasteiger partial charge < -0.3 is 10.6 Å². The number of nitrogens with two attached hydrogens (primary N) is 1. The summed E-state index contributed by atoms with van der Waals surface area (Å²) in [6.07, 6.45) is 1.69. The number of anilines is 1. The average Bonchev–Trinajstić information content (AvgIpc) is 2.74. The van der Waals surface area contributed by atoms with E-state index in [1.807, 2.05) is 31.3 Å². The number of halogens is 1. The summed E-state index contributed by atoms with van der Waals surface area (Å²) in [5, 5.41) is 0. The number of pyridine rings is 1. The molecule has 0 aliphatic heterocycles. The maximum atomic E-state index is 5.92. The summed E-state index contributed by atoms with van der Waals surface area (Å²) in [5.74, 6) is 0. The molecule has 0 fully saturated rings. The van der Waals surface area contributed by atoms with Crippen molar-refractivity contribution in [1.82, 2.24) is 4.98 Å². The molecule has 0 radical (unpaired) electrons. The van der Waals surface area contributed by atoms with Crippen LogP contribution < -0.4 is 10.6 Å². The van der Waals surface area contributed by atoms with Crippen molar-refractivity contribution in [2.75, 3.05) is 11.9 Å². The van der Waals surface area contributed by atoms with E-state index in [1.165, 1.54) is 4.88 Å². The molecule has 18 heavy (non-hydrogen) atoms. The average molecular weight is 298 g/mol. The van der Waals surface area contributed by atoms with Crippen LogP contribution in [0.1, 0.15) is 10.6 Å². The van der Waals surface area contributed by atoms with Gasteiger partial charge >= 0.3 is 0 Å². The van der Waals surface area contributed by atoms with Crippen LogP contribution in [0.5, 0.6) is 0 Å². The predicted molar refractivity (Wildman–Crippen MR) is 81.6 cm³/mol. The molecule has 0 atom stereocenters. The summed E-state index contributed by atoms with van der Waals surface area (Å²) >= 11 is 12.5. The lowest BCUT2D eigenvalue weighted by Gasteiger charge is -2.20. The van der Waals surface area contributed by atoms with Gasteiger partial charge in [0.1, 0.15) is 10.7 Å². The first-order chi connectivity index (χ1) is 8.58. The van der Waals surface area contributed by atoms with Crippen LogP contribution in [0.25, 0.3) is 0 Å². The molecule has 0 unspecified atom stereocenters. The SMILES string of the molecule is CN(Cc1ccc(Cl)s1)c1cccnc1C(N)=S. The number of hydrogen-bond donors (Lipinski definition) is 1. The molecule has 0 aromatic carbocycles. The molecule has 2 rings (SSSR count). The summed E-state index contributed by atoms with van der Waals surface area (Å²) in [5.41, 5.74) is 7.25. The van der Waals surface area contributed by atoms with E-state index in [-0.39, 0.29) is 0 Å². The number of thiocarbonyl (C=S) groups is 1. The second kappa shape index (κ2) is 5.65. The quantitative estimate of drug-likeness (QED) is 0.881. The largest absolute Gasteiger partial charge is 0.388 e. The third kappa shape index (κ3) is 2.98. The second-order valence-corrected chi connectivity index (χ2v) is 6.04. The van der Waals surface area contributed by atoms with Crippen LogP contribution >= 0.6 is 35.2 Å². The molecule has 0 amide bonds. The van der Waals surface area contributed by atoms with Gasteiger partial charge in [0.15, 0.2) is 0 Å². The van der Waals surface area contributed by atoms with Gasteiger partial charge in [-0.1, -0.05) is 23.8 Å². The van der Waals surface area contributed by atoms with Crippen molar-refractivity contribution in [3.8, 4) is 0 Å². The molecule has 0 aliphatic carbocycles. The van der Waals surface area contributed by atoms with Crippen molar-refractivity contribution in [3.63, 3.8) is 0 Å². The summed E-state index contributed by atoms with van der Waals surface area (Å²) in [4.78, 5) is 7.76. The highest BCUT2D eigenvalue weighted by Crippen LogP contribution is 2.25. The van der Waals surface area contributed by atoms with E-state index in [9.17, 15) is 0 Å². The smallest absolute Gasteiger partial charge is 0.124 e. The van der Waals surface area contributed by atoms with E-state index >= 15 is 0 Å². The van der Waals surface area contributed by atoms with Gasteiger partial charge in [0, 0.05) is 18.1 Å². The minimum Gasteiger partial charge on any atom is -0.388 e. The predicted octanol–water partition coefficient (Wildman–Crippen LogP) is 3.07. The molecule has 94 valence electrons. The third-order valence-corrected chi connectivity index (χ3v) is 3.86. The van der Waals surface area contributed by atoms with E-state index in [1.54, 1.807) is 17.5 Å². The minimum atomic E-state index is 0.307. The first-order valence-electron chi connectivity index (χ1n) is 5.28. The molecular formula is C12H12ClN3S2. The molecule has 0 saturated carbocycles. The molecule has 0 bridgehead atoms. The Morgan fingerprint density at radius 3 is 2.89 bits per heavy atom. The number of nitrogens with zero attached hydrogens (tertiary/aromatic N) is 2. The van der Waals surface area contributed by atoms with Crippen molar-refractivity contribution >= 4 is 45.8 Å². The van der Waals surface area contributed by atoms with E-state index in [2.05, 4.69) is 9.88 Å². The van der Waals surface area contributed by atoms with Crippen LogP contribution in [0.2, 0.25) is 4.34 Å². The summed E-state index contributed by atoms with van der Waals surface area (Å²) in [6, 6.07) is 7.74. The fourth-order valence-corrected chi connectivity index (χ4v) is 2.95. The van der Waals surface area contributed by atoms with E-state index in [0.717, 1.165) is 16.6 Å². The molecule has 2 heterocycles. The lowest BCUT2D eigenvalue weighted by molar-refractivity contribution is 0.932. The standard InChI is InChI=1S/C12H12ClN3S2/c1-16(7-8-4-5-10(13)18-8)9-3-2-6-15-11(9)12(14)17/h2-6H,7H2,1H3,(H2,14,17). The summed E-state index contributed by atoms with van der Waals surface area (Å²) in [7, 11) is 1.98. The van der Waals surface area contributed by atoms with Crippen LogP contribution in [0.3, 0.4) is 0 Å². The van der Waals surface area contributed by atoms with Crippen LogP contribution in [0, 0.1) is 0 Å². The maximum absolute atomic E-state index is 5.92. The summed E-state index contributed by atoms with van der Waals surface area (Å²) in [6.45, 7) is 0.749. The van der Waals surface area contributed by atoms with Gasteiger partial charge in [-0.05, 0) is 24.3 Å². The van der Waals surface area contributed by atoms with E-state index in [4.69, 9.17) is 29.6 Å². The molecule has 6 heteroatoms. The highest BCUT2D eigenvalue weighted by atomic mass is 35.5. The second-order valence-electron chi connectivity index (χ2n) is 3.80. The first-order valence-corrected chi connectivity index (χ1v) is 6.88. The van der Waals surface area contributed by atoms with Gasteiger partial charge in [-0.3, -0.25) is 4.98 Å². The topological polar surface area (TPSA) is 42.2 Å². The van der Waals surface area contributed by atoms with Crippen LogP contribution in [0.15, 0.2) is 30.5 Å². The van der Waals surface area contributed by atoms with Gasteiger partial charge in [-0.2, -0.15) is 0 Å². The van der Waals surface area contributed by atoms with Crippen LogP contribution in [0.4, 0.5) is 5.69 Å². The van der Waals surface area contributed by atoms with E-state index in [0.29, 0.717) is 10.7 Å². The zero-order valence-electron chi connectivity index (χ0n) is 9.76. The van der Waals surface area contributed by atoms with E-state index < -0.39 is 0 Å². The molecule has 2 N–H and O–H groups in total. The maximum Gasteiger partial charge on any atom is 0.124 e. The Morgan fingerprint density at radius 2 is 2.28 bits per heavy atom. The van der Waals surface area contributed by atoms with Gasteiger partial charge in [0.05, 0.1) is 16.6 Å². The van der Waals surface area contributed by atoms with Crippen LogP contribution in [-0.2, 0) is 6.54 Å². The number of hydrogen-bond acceptors (Lipinski definition) is 4. The van der Waals surface area contributed by atoms with Crippen molar-refractivity contribution in [1.29, 1.82) is 0 Å². The molecule has 3 nitrogen and oxygen atoms in total. The lowest BCUT2D eigenvalue weighted by Crippen LogP contribution is -2.22. The van der Waals surface area contributed by atoms with Gasteiger partial charge in [0.2, 0.25) is 0 Å². The number of rotatable bonds is 4. The van der Waals surface area contributed by atoms with Crippen molar-refractivity contribution < 1.29 is 0 Å². The van der Waals surface area contributed by atoms with Crippen molar-refractivity contribution in [2.24, 2.45) is 5.73 Å². The van der Waals surface area contributed by atoms with Crippen molar-refractivity contribution in [3.05, 3.63) is 45.4 Å². The Labute approximate surface area is 120 Å². The Kier molecular flexibility index (Phi) is 4.16. The Bertz CT molecular complexity index is 568. The molecule has 2 aromatic heterocycles. The zero-order chi connectivity index (χ0) is 13.1. The summed E-state index contributed by atoms with van der Waals surface area (Å²) < 4.78 is 0.791. The van der Waals surface area contributed by atoms with Crippen molar-refractivity contribution in [2.45, 2.75) is 6.54 Å². The lowest BCUT2D eigenvalue weighted by atomic mass is 10.2. The zero-order valence-corrected chi connectivity index (χ0v) is 12.1. The first kappa shape index (κ1) is 13.3. The monoisotopic (exact) mass is 297 g/mol. The molecular weight excluding hydrogens is 286 g/mol. The highest BCUT2D eigenvalue weighted by molar-refractivity contribution is 7.80. The van der Waals surface area contributed by atoms with Gasteiger partial charge in [0.25, 0.3) is 0 Å². The molecule has 2 aromatic rings. The van der Waals surface area contributed by atoms with Crippen LogP contribution in [-0.4, -0.2) is 17.0 Å². The fourth-order valence-electron chi connectivity index (χ4n) is 1.65. The number of aromatic nitrogens is 1. The number of thiophene rings is 1. The third-order valence-electron chi connectivity index (χ3n) is 2.45. The fraction of sp³-hybridized carbons (Fsp3) is 0.167.